The molecule has 0 saturated carbocycles. The van der Waals surface area contributed by atoms with Crippen molar-refractivity contribution in [1.29, 1.82) is 0 Å². The fraction of sp³-hybridized carbons (Fsp3) is 0.294. The van der Waals surface area contributed by atoms with Crippen LogP contribution >= 0.6 is 0 Å². The van der Waals surface area contributed by atoms with Crippen LogP contribution in [0.2, 0.25) is 0 Å². The Morgan fingerprint density at radius 1 is 0.773 bits per heavy atom. The summed E-state index contributed by atoms with van der Waals surface area (Å²) in [5, 5.41) is 20.5. The van der Waals surface area contributed by atoms with Crippen molar-refractivity contribution in [2.75, 3.05) is 0 Å². The molecule has 0 radical (unpaired) electrons. The molecule has 22 heavy (non-hydrogen) atoms. The van der Waals surface area contributed by atoms with Crippen molar-refractivity contribution in [3.05, 3.63) is 46.0 Å². The summed E-state index contributed by atoms with van der Waals surface area (Å²) in [5.74, 6) is -0.529. The van der Waals surface area contributed by atoms with Crippen molar-refractivity contribution >= 4 is 9.84 Å². The van der Waals surface area contributed by atoms with Crippen LogP contribution in [-0.2, 0) is 9.84 Å². The van der Waals surface area contributed by atoms with Gasteiger partial charge in [-0.1, -0.05) is 12.1 Å². The lowest BCUT2D eigenvalue weighted by Gasteiger charge is -2.16. The Hall–Kier alpha value is -2.01. The van der Waals surface area contributed by atoms with E-state index in [9.17, 15) is 18.6 Å². The summed E-state index contributed by atoms with van der Waals surface area (Å²) in [6.45, 7) is 8.56. The van der Waals surface area contributed by atoms with Gasteiger partial charge in [-0.15, -0.1) is 0 Å². The van der Waals surface area contributed by atoms with E-state index < -0.39 is 9.84 Å². The van der Waals surface area contributed by atoms with E-state index in [2.05, 4.69) is 0 Å². The Morgan fingerprint density at radius 3 is 1.95 bits per heavy atom. The van der Waals surface area contributed by atoms with E-state index in [4.69, 9.17) is 0 Å². The van der Waals surface area contributed by atoms with E-state index in [-0.39, 0.29) is 21.3 Å². The predicted octanol–water partition coefficient (Wildman–Crippen LogP) is 3.47. The minimum Gasteiger partial charge on any atom is -0.506 e. The quantitative estimate of drug-likeness (QED) is 0.888. The second-order valence-electron chi connectivity index (χ2n) is 5.67. The first-order valence-corrected chi connectivity index (χ1v) is 8.41. The second kappa shape index (κ2) is 5.32. The van der Waals surface area contributed by atoms with Gasteiger partial charge in [-0.05, 0) is 68.5 Å². The summed E-state index contributed by atoms with van der Waals surface area (Å²) >= 11 is 0. The number of phenolic OH excluding ortho intramolecular Hbond substituents is 2. The van der Waals surface area contributed by atoms with Gasteiger partial charge >= 0.3 is 0 Å². The predicted molar refractivity (Wildman–Crippen MR) is 85.4 cm³/mol. The molecule has 4 nitrogen and oxygen atoms in total. The lowest BCUT2D eigenvalue weighted by Crippen LogP contribution is -2.08. The highest BCUT2D eigenvalue weighted by atomic mass is 32.2. The first-order chi connectivity index (χ1) is 10.1. The van der Waals surface area contributed by atoms with Crippen LogP contribution in [0.1, 0.15) is 27.8 Å². The van der Waals surface area contributed by atoms with Crippen LogP contribution in [-0.4, -0.2) is 18.6 Å². The van der Waals surface area contributed by atoms with Crippen LogP contribution in [0.3, 0.4) is 0 Å². The zero-order valence-electron chi connectivity index (χ0n) is 13.4. The molecular formula is C17H20O4S. The lowest BCUT2D eigenvalue weighted by molar-refractivity contribution is 0.447. The van der Waals surface area contributed by atoms with Crippen molar-refractivity contribution < 1.29 is 18.6 Å². The molecule has 0 saturated heterocycles. The maximum Gasteiger partial charge on any atom is 0.214 e. The van der Waals surface area contributed by atoms with Crippen LogP contribution in [0.4, 0.5) is 0 Å². The van der Waals surface area contributed by atoms with Gasteiger partial charge in [0.15, 0.2) is 0 Å². The van der Waals surface area contributed by atoms with Crippen molar-refractivity contribution in [2.24, 2.45) is 0 Å². The largest absolute Gasteiger partial charge is 0.506 e. The van der Waals surface area contributed by atoms with E-state index in [0.29, 0.717) is 16.7 Å². The summed E-state index contributed by atoms with van der Waals surface area (Å²) < 4.78 is 25.9. The topological polar surface area (TPSA) is 74.6 Å². The zero-order chi connectivity index (χ0) is 16.8. The van der Waals surface area contributed by atoms with Crippen molar-refractivity contribution in [3.63, 3.8) is 0 Å². The third-order valence-corrected chi connectivity index (χ3v) is 6.12. The Bertz CT molecular complexity index is 839. The van der Waals surface area contributed by atoms with Crippen molar-refractivity contribution in [1.82, 2.24) is 0 Å². The molecule has 118 valence electrons. The standard InChI is InChI=1S/C17H20O4S/c1-9-6-7-14(16(19)12(9)4)22(20,21)17-13(5)10(2)8-11(3)15(17)18/h6-8,18-19H,1-5H3. The SMILES string of the molecule is Cc1ccc(S(=O)(=O)c2c(C)c(C)cc(C)c2O)c(O)c1C. The molecule has 0 fully saturated rings. The number of sulfone groups is 1. The van der Waals surface area contributed by atoms with Gasteiger partial charge in [0.2, 0.25) is 9.84 Å². The van der Waals surface area contributed by atoms with Gasteiger partial charge in [0.05, 0.1) is 0 Å². The number of phenols is 2. The molecule has 2 rings (SSSR count). The summed E-state index contributed by atoms with van der Waals surface area (Å²) in [6.07, 6.45) is 0. The smallest absolute Gasteiger partial charge is 0.214 e. The van der Waals surface area contributed by atoms with Crippen LogP contribution < -0.4 is 0 Å². The zero-order valence-corrected chi connectivity index (χ0v) is 14.2. The first-order valence-electron chi connectivity index (χ1n) is 6.93. The molecule has 0 aromatic heterocycles. The molecule has 0 heterocycles. The minimum atomic E-state index is -4.02. The van der Waals surface area contributed by atoms with E-state index >= 15 is 0 Å². The molecule has 0 aliphatic heterocycles. The molecule has 0 bridgehead atoms. The summed E-state index contributed by atoms with van der Waals surface area (Å²) in [5.41, 5.74) is 3.07. The molecule has 0 aliphatic carbocycles. The molecule has 0 amide bonds. The average molecular weight is 320 g/mol. The fourth-order valence-electron chi connectivity index (χ4n) is 2.47. The van der Waals surface area contributed by atoms with Crippen molar-refractivity contribution in [2.45, 2.75) is 44.4 Å². The van der Waals surface area contributed by atoms with Gasteiger partial charge in [-0.25, -0.2) is 8.42 Å². The van der Waals surface area contributed by atoms with Gasteiger partial charge in [0.25, 0.3) is 0 Å². The minimum absolute atomic E-state index is 0.136. The first kappa shape index (κ1) is 16.4. The van der Waals surface area contributed by atoms with Crippen molar-refractivity contribution in [3.8, 4) is 11.5 Å². The number of aromatic hydroxyl groups is 2. The van der Waals surface area contributed by atoms with Gasteiger partial charge in [0.1, 0.15) is 21.3 Å². The third-order valence-electron chi connectivity index (χ3n) is 4.18. The number of rotatable bonds is 2. The molecule has 5 heteroatoms. The van der Waals surface area contributed by atoms with Gasteiger partial charge in [-0.2, -0.15) is 0 Å². The Morgan fingerprint density at radius 2 is 1.36 bits per heavy atom. The lowest BCUT2D eigenvalue weighted by atomic mass is 10.1. The van der Waals surface area contributed by atoms with Crippen LogP contribution in [0.15, 0.2) is 28.0 Å². The second-order valence-corrected chi connectivity index (χ2v) is 7.53. The van der Waals surface area contributed by atoms with Gasteiger partial charge < -0.3 is 10.2 Å². The van der Waals surface area contributed by atoms with E-state index in [1.54, 1.807) is 46.8 Å². The highest BCUT2D eigenvalue weighted by Gasteiger charge is 2.29. The average Bonchev–Trinajstić information content (AvgIpc) is 2.42. The summed E-state index contributed by atoms with van der Waals surface area (Å²) in [4.78, 5) is -0.317. The number of hydrogen-bond donors (Lipinski definition) is 2. The molecule has 0 atom stereocenters. The Balaban J connectivity index is 2.86. The highest BCUT2D eigenvalue weighted by Crippen LogP contribution is 2.39. The molecular weight excluding hydrogens is 300 g/mol. The van der Waals surface area contributed by atoms with Crippen LogP contribution in [0.5, 0.6) is 11.5 Å². The van der Waals surface area contributed by atoms with Crippen LogP contribution in [0.25, 0.3) is 0 Å². The number of benzene rings is 2. The van der Waals surface area contributed by atoms with E-state index in [0.717, 1.165) is 11.1 Å². The Kier molecular flexibility index (Phi) is 3.96. The normalized spacial score (nSPS) is 11.7. The molecule has 0 unspecified atom stereocenters. The molecule has 0 aliphatic rings. The molecule has 2 aromatic rings. The monoisotopic (exact) mass is 320 g/mol. The van der Waals surface area contributed by atoms with Crippen LogP contribution in [0, 0.1) is 34.6 Å². The number of hydrogen-bond acceptors (Lipinski definition) is 4. The maximum atomic E-state index is 12.9. The summed E-state index contributed by atoms with van der Waals surface area (Å²) in [6, 6.07) is 4.77. The van der Waals surface area contributed by atoms with E-state index in [1.165, 1.54) is 6.07 Å². The van der Waals surface area contributed by atoms with E-state index in [1.807, 2.05) is 0 Å². The number of aryl methyl sites for hydroxylation is 3. The molecule has 2 N–H and O–H groups in total. The molecule has 2 aromatic carbocycles. The third kappa shape index (κ3) is 2.35. The van der Waals surface area contributed by atoms with Gasteiger partial charge in [0, 0.05) is 0 Å². The maximum absolute atomic E-state index is 12.9. The highest BCUT2D eigenvalue weighted by molar-refractivity contribution is 7.91. The fourth-order valence-corrected chi connectivity index (χ4v) is 4.32. The summed E-state index contributed by atoms with van der Waals surface area (Å²) in [7, 11) is -4.02. The molecule has 0 spiro atoms. The van der Waals surface area contributed by atoms with Gasteiger partial charge in [-0.3, -0.25) is 0 Å². The Labute approximate surface area is 131 Å².